The van der Waals surface area contributed by atoms with Gasteiger partial charge in [0.1, 0.15) is 5.82 Å². The van der Waals surface area contributed by atoms with E-state index in [1.165, 1.54) is 30.3 Å². The van der Waals surface area contributed by atoms with E-state index in [9.17, 15) is 9.18 Å². The molecule has 1 N–H and O–H groups in total. The molecule has 0 aliphatic heterocycles. The molecule has 1 aromatic heterocycles. The van der Waals surface area contributed by atoms with Gasteiger partial charge in [0.15, 0.2) is 0 Å². The third-order valence-electron chi connectivity index (χ3n) is 5.18. The smallest absolute Gasteiger partial charge is 0.277 e. The Morgan fingerprint density at radius 3 is 2.73 bits per heavy atom. The second-order valence-corrected chi connectivity index (χ2v) is 8.31. The number of amides is 1. The lowest BCUT2D eigenvalue weighted by Crippen LogP contribution is -2.46. The van der Waals surface area contributed by atoms with Gasteiger partial charge in [-0.1, -0.05) is 38.5 Å². The van der Waals surface area contributed by atoms with Crippen LogP contribution in [0.3, 0.4) is 0 Å². The highest BCUT2D eigenvalue weighted by Crippen LogP contribution is 2.30. The van der Waals surface area contributed by atoms with Gasteiger partial charge in [-0.25, -0.2) is 4.39 Å². The molecule has 0 radical (unpaired) electrons. The Hall–Kier alpha value is -1.89. The molecule has 3 rings (SSSR count). The maximum absolute atomic E-state index is 13.0. The summed E-state index contributed by atoms with van der Waals surface area (Å²) in [6.07, 6.45) is 3.42. The summed E-state index contributed by atoms with van der Waals surface area (Å²) in [5, 5.41) is 11.1. The Kier molecular flexibility index (Phi) is 5.96. The Morgan fingerprint density at radius 1 is 1.27 bits per heavy atom. The largest absolute Gasteiger partial charge is 0.411 e. The van der Waals surface area contributed by atoms with E-state index in [0.717, 1.165) is 12.8 Å². The average molecular weight is 377 g/mol. The number of hydrogen-bond donors (Lipinski definition) is 1. The van der Waals surface area contributed by atoms with E-state index in [-0.39, 0.29) is 23.0 Å². The van der Waals surface area contributed by atoms with Crippen LogP contribution in [0.4, 0.5) is 4.39 Å². The van der Waals surface area contributed by atoms with Crippen LogP contribution in [0.15, 0.2) is 33.9 Å². The molecule has 1 saturated carbocycles. The number of benzene rings is 1. The van der Waals surface area contributed by atoms with Crippen molar-refractivity contribution >= 4 is 17.7 Å². The molecular formula is C19H24FN3O2S. The van der Waals surface area contributed by atoms with E-state index >= 15 is 0 Å². The van der Waals surface area contributed by atoms with Gasteiger partial charge in [0.05, 0.1) is 5.25 Å². The molecule has 1 aliphatic rings. The number of carbonyl (C=O) groups excluding carboxylic acids is 1. The predicted octanol–water partition coefficient (Wildman–Crippen LogP) is 4.30. The third kappa shape index (κ3) is 4.44. The summed E-state index contributed by atoms with van der Waals surface area (Å²) in [6.45, 7) is 6.29. The number of hydrogen-bond acceptors (Lipinski definition) is 5. The minimum atomic E-state index is -0.332. The summed E-state index contributed by atoms with van der Waals surface area (Å²) in [4.78, 5) is 12.5. The summed E-state index contributed by atoms with van der Waals surface area (Å²) >= 11 is 1.23. The maximum Gasteiger partial charge on any atom is 0.277 e. The number of halogens is 1. The van der Waals surface area contributed by atoms with E-state index in [2.05, 4.69) is 29.4 Å². The van der Waals surface area contributed by atoms with Crippen molar-refractivity contribution in [1.29, 1.82) is 0 Å². The van der Waals surface area contributed by atoms with Crippen molar-refractivity contribution in [3.8, 4) is 11.5 Å². The maximum atomic E-state index is 13.0. The van der Waals surface area contributed by atoms with Crippen molar-refractivity contribution in [3.05, 3.63) is 30.1 Å². The molecule has 140 valence electrons. The van der Waals surface area contributed by atoms with Crippen molar-refractivity contribution in [3.63, 3.8) is 0 Å². The fourth-order valence-electron chi connectivity index (χ4n) is 3.26. The van der Waals surface area contributed by atoms with Crippen LogP contribution in [-0.2, 0) is 4.79 Å². The molecule has 26 heavy (non-hydrogen) atoms. The van der Waals surface area contributed by atoms with Crippen LogP contribution in [0.2, 0.25) is 0 Å². The van der Waals surface area contributed by atoms with Crippen molar-refractivity contribution in [2.45, 2.75) is 56.5 Å². The van der Waals surface area contributed by atoms with Crippen LogP contribution in [0.5, 0.6) is 0 Å². The molecule has 2 aromatic rings. The number of thioether (sulfide) groups is 1. The molecule has 0 saturated heterocycles. The molecule has 1 amide bonds. The van der Waals surface area contributed by atoms with Gasteiger partial charge in [0, 0.05) is 11.6 Å². The van der Waals surface area contributed by atoms with Gasteiger partial charge in [-0.05, 0) is 49.4 Å². The van der Waals surface area contributed by atoms with Crippen molar-refractivity contribution in [2.24, 2.45) is 11.8 Å². The lowest BCUT2D eigenvalue weighted by atomic mass is 9.78. The van der Waals surface area contributed by atoms with Crippen LogP contribution in [0.25, 0.3) is 11.5 Å². The van der Waals surface area contributed by atoms with Crippen LogP contribution in [-0.4, -0.2) is 27.4 Å². The summed E-state index contributed by atoms with van der Waals surface area (Å²) in [6, 6.07) is 6.08. The zero-order valence-electron chi connectivity index (χ0n) is 15.2. The molecule has 1 aromatic carbocycles. The van der Waals surface area contributed by atoms with E-state index in [1.807, 2.05) is 6.92 Å². The summed E-state index contributed by atoms with van der Waals surface area (Å²) in [7, 11) is 0. The molecular weight excluding hydrogens is 353 g/mol. The number of aromatic nitrogens is 2. The predicted molar refractivity (Wildman–Crippen MR) is 99.1 cm³/mol. The summed E-state index contributed by atoms with van der Waals surface area (Å²) < 4.78 is 18.6. The van der Waals surface area contributed by atoms with Gasteiger partial charge in [-0.3, -0.25) is 4.79 Å². The lowest BCUT2D eigenvalue weighted by molar-refractivity contribution is -0.121. The van der Waals surface area contributed by atoms with E-state index in [4.69, 9.17) is 4.42 Å². The van der Waals surface area contributed by atoms with E-state index in [1.54, 1.807) is 12.1 Å². The number of rotatable bonds is 5. The van der Waals surface area contributed by atoms with E-state index < -0.39 is 0 Å². The first-order valence-corrected chi connectivity index (χ1v) is 9.88. The Bertz CT molecular complexity index is 749. The molecule has 1 aliphatic carbocycles. The number of nitrogens with one attached hydrogen (secondary N) is 1. The molecule has 1 fully saturated rings. The molecule has 0 spiro atoms. The van der Waals surface area contributed by atoms with Crippen molar-refractivity contribution in [2.75, 3.05) is 0 Å². The first-order chi connectivity index (χ1) is 12.4. The van der Waals surface area contributed by atoms with Gasteiger partial charge >= 0.3 is 0 Å². The molecule has 0 unspecified atom stereocenters. The van der Waals surface area contributed by atoms with Crippen LogP contribution >= 0.6 is 11.8 Å². The zero-order valence-corrected chi connectivity index (χ0v) is 16.1. The Balaban J connectivity index is 1.58. The second kappa shape index (κ2) is 8.20. The van der Waals surface area contributed by atoms with Crippen LogP contribution in [0, 0.1) is 17.7 Å². The van der Waals surface area contributed by atoms with Crippen LogP contribution in [0.1, 0.15) is 40.0 Å². The quantitative estimate of drug-likeness (QED) is 0.787. The van der Waals surface area contributed by atoms with Gasteiger partial charge in [0.2, 0.25) is 11.8 Å². The van der Waals surface area contributed by atoms with Gasteiger partial charge in [-0.15, -0.1) is 10.2 Å². The summed E-state index contributed by atoms with van der Waals surface area (Å²) in [5.41, 5.74) is 0.646. The first kappa shape index (κ1) is 18.9. The normalized spacial score (nSPS) is 24.2. The fourth-order valence-corrected chi connectivity index (χ4v) is 3.95. The van der Waals surface area contributed by atoms with Crippen molar-refractivity contribution in [1.82, 2.24) is 15.5 Å². The van der Waals surface area contributed by atoms with E-state index in [0.29, 0.717) is 28.5 Å². The molecule has 0 bridgehead atoms. The molecule has 5 nitrogen and oxygen atoms in total. The fraction of sp³-hybridized carbons (Fsp3) is 0.526. The summed E-state index contributed by atoms with van der Waals surface area (Å²) in [5.74, 6) is 1.10. The molecule has 7 heteroatoms. The van der Waals surface area contributed by atoms with Gasteiger partial charge < -0.3 is 9.73 Å². The monoisotopic (exact) mass is 377 g/mol. The van der Waals surface area contributed by atoms with Gasteiger partial charge in [-0.2, -0.15) is 0 Å². The minimum Gasteiger partial charge on any atom is -0.411 e. The van der Waals surface area contributed by atoms with Crippen molar-refractivity contribution < 1.29 is 13.6 Å². The molecule has 4 atom stereocenters. The second-order valence-electron chi connectivity index (χ2n) is 7.02. The average Bonchev–Trinajstić information content (AvgIpc) is 3.08. The topological polar surface area (TPSA) is 68.0 Å². The number of carbonyl (C=O) groups is 1. The number of nitrogens with zero attached hydrogens (tertiary/aromatic N) is 2. The Morgan fingerprint density at radius 2 is 2.00 bits per heavy atom. The Labute approximate surface area is 157 Å². The highest BCUT2D eigenvalue weighted by Gasteiger charge is 2.29. The third-order valence-corrected chi connectivity index (χ3v) is 6.11. The molecule has 1 heterocycles. The van der Waals surface area contributed by atoms with Gasteiger partial charge in [0.25, 0.3) is 5.22 Å². The lowest BCUT2D eigenvalue weighted by Gasteiger charge is -2.35. The first-order valence-electron chi connectivity index (χ1n) is 9.00. The highest BCUT2D eigenvalue weighted by atomic mass is 32.2. The zero-order chi connectivity index (χ0) is 18.7. The minimum absolute atomic E-state index is 0.0116. The highest BCUT2D eigenvalue weighted by molar-refractivity contribution is 8.00. The standard InChI is InChI=1S/C19H24FN3O2S/c1-11-5-4-6-16(12(11)2)21-17(24)13(3)26-19-23-22-18(25-19)14-7-9-15(20)10-8-14/h7-13,16H,4-6H2,1-3H3,(H,21,24)/t11-,12+,13+,16+/m0/s1. The SMILES string of the molecule is C[C@@H]1[C@@H](C)CCC[C@H]1NC(=O)[C@@H](C)Sc1nnc(-c2ccc(F)cc2)o1. The van der Waals surface area contributed by atoms with Crippen LogP contribution < -0.4 is 5.32 Å².